The number of likely N-dealkylation sites (N-methyl/N-ethyl adjacent to an activating group) is 1. The molecule has 1 amide bonds. The monoisotopic (exact) mass is 356 g/mol. The Morgan fingerprint density at radius 1 is 1.29 bits per heavy atom. The van der Waals surface area contributed by atoms with Gasteiger partial charge in [-0.15, -0.1) is 0 Å². The quantitative estimate of drug-likeness (QED) is 0.293. The number of alkyl halides is 1. The molecule has 0 spiro atoms. The van der Waals surface area contributed by atoms with E-state index < -0.39 is 0 Å². The second kappa shape index (κ2) is 11.2. The van der Waals surface area contributed by atoms with E-state index in [2.05, 4.69) is 43.4 Å². The summed E-state index contributed by atoms with van der Waals surface area (Å²) in [5.74, 6) is 0.0701. The molecule has 0 atom stereocenters. The van der Waals surface area contributed by atoms with Gasteiger partial charge in [0.05, 0.1) is 11.1 Å². The molecule has 0 fully saturated rings. The third-order valence-electron chi connectivity index (χ3n) is 2.27. The molecular formula is C11H25IN4O. The average molecular weight is 356 g/mol. The maximum atomic E-state index is 11.4. The van der Waals surface area contributed by atoms with Gasteiger partial charge in [0.15, 0.2) is 0 Å². The molecule has 0 aliphatic heterocycles. The molecule has 0 saturated heterocycles. The fourth-order valence-electron chi connectivity index (χ4n) is 1.21. The van der Waals surface area contributed by atoms with E-state index in [4.69, 9.17) is 0 Å². The van der Waals surface area contributed by atoms with Crippen LogP contribution in [0.3, 0.4) is 0 Å². The maximum absolute atomic E-state index is 11.4. The zero-order valence-electron chi connectivity index (χ0n) is 11.1. The molecule has 17 heavy (non-hydrogen) atoms. The highest BCUT2D eigenvalue weighted by atomic mass is 127. The van der Waals surface area contributed by atoms with E-state index in [9.17, 15) is 4.79 Å². The van der Waals surface area contributed by atoms with Gasteiger partial charge in [0.1, 0.15) is 0 Å². The smallest absolute Gasteiger partial charge is 0.234 e. The largest absolute Gasteiger partial charge is 0.354 e. The number of amides is 1. The van der Waals surface area contributed by atoms with Crippen LogP contribution >= 0.6 is 22.6 Å². The Morgan fingerprint density at radius 3 is 2.47 bits per heavy atom. The van der Waals surface area contributed by atoms with Crippen molar-refractivity contribution in [2.24, 2.45) is 0 Å². The molecule has 0 radical (unpaired) electrons. The third kappa shape index (κ3) is 10.9. The molecule has 0 unspecified atom stereocenters. The lowest BCUT2D eigenvalue weighted by molar-refractivity contribution is -0.120. The molecule has 102 valence electrons. The van der Waals surface area contributed by atoms with Crippen molar-refractivity contribution >= 4 is 28.5 Å². The average Bonchev–Trinajstić information content (AvgIpc) is 2.30. The van der Waals surface area contributed by atoms with E-state index in [0.717, 1.165) is 24.2 Å². The van der Waals surface area contributed by atoms with Crippen LogP contribution in [0.2, 0.25) is 0 Å². The molecule has 3 N–H and O–H groups in total. The topological polar surface area (TPSA) is 56.4 Å². The Kier molecular flexibility index (Phi) is 11.2. The first-order valence-corrected chi connectivity index (χ1v) is 7.55. The van der Waals surface area contributed by atoms with Gasteiger partial charge in [-0.1, -0.05) is 36.4 Å². The predicted molar refractivity (Wildman–Crippen MR) is 80.5 cm³/mol. The zero-order chi connectivity index (χ0) is 13.1. The van der Waals surface area contributed by atoms with Crippen LogP contribution in [0.25, 0.3) is 0 Å². The first-order chi connectivity index (χ1) is 8.10. The first kappa shape index (κ1) is 17.1. The second-order valence-electron chi connectivity index (χ2n) is 4.23. The molecule has 0 rings (SSSR count). The number of nitrogens with zero attached hydrogens (tertiary/aromatic N) is 1. The van der Waals surface area contributed by atoms with Gasteiger partial charge < -0.3 is 16.0 Å². The van der Waals surface area contributed by atoms with Crippen LogP contribution in [0.15, 0.2) is 0 Å². The molecular weight excluding hydrogens is 331 g/mol. The number of halogens is 1. The number of rotatable bonds is 10. The van der Waals surface area contributed by atoms with Gasteiger partial charge in [-0.05, 0) is 7.05 Å². The van der Waals surface area contributed by atoms with Crippen LogP contribution in [0.1, 0.15) is 13.8 Å². The van der Waals surface area contributed by atoms with Gasteiger partial charge in [-0.25, -0.2) is 0 Å². The van der Waals surface area contributed by atoms with Crippen molar-refractivity contribution in [3.63, 3.8) is 0 Å². The number of nitrogens with one attached hydrogen (secondary N) is 3. The van der Waals surface area contributed by atoms with Crippen LogP contribution in [0, 0.1) is 0 Å². The van der Waals surface area contributed by atoms with E-state index in [1.165, 1.54) is 0 Å². The van der Waals surface area contributed by atoms with Crippen LogP contribution < -0.4 is 16.0 Å². The van der Waals surface area contributed by atoms with Crippen molar-refractivity contribution in [2.75, 3.05) is 44.3 Å². The molecule has 0 aromatic carbocycles. The highest BCUT2D eigenvalue weighted by Gasteiger charge is 2.04. The highest BCUT2D eigenvalue weighted by molar-refractivity contribution is 14.1. The molecule has 6 heteroatoms. The number of hydrogen-bond donors (Lipinski definition) is 3. The van der Waals surface area contributed by atoms with Gasteiger partial charge >= 0.3 is 0 Å². The van der Waals surface area contributed by atoms with E-state index in [1.54, 1.807) is 0 Å². The van der Waals surface area contributed by atoms with Gasteiger partial charge in [0.2, 0.25) is 5.91 Å². The molecule has 5 nitrogen and oxygen atoms in total. The molecule has 0 aromatic rings. The molecule has 0 heterocycles. The molecule has 0 aliphatic rings. The normalized spacial score (nSPS) is 11.2. The lowest BCUT2D eigenvalue weighted by Crippen LogP contribution is -2.41. The van der Waals surface area contributed by atoms with Gasteiger partial charge in [-0.2, -0.15) is 0 Å². The number of carbonyl (C=O) groups is 1. The van der Waals surface area contributed by atoms with Crippen molar-refractivity contribution < 1.29 is 4.79 Å². The summed E-state index contributed by atoms with van der Waals surface area (Å²) in [5, 5.41) is 9.13. The van der Waals surface area contributed by atoms with Crippen molar-refractivity contribution in [1.29, 1.82) is 0 Å². The molecule has 0 saturated carbocycles. The van der Waals surface area contributed by atoms with E-state index in [0.29, 0.717) is 19.1 Å². The predicted octanol–water partition coefficient (Wildman–Crippen LogP) is 0.0145. The highest BCUT2D eigenvalue weighted by Crippen LogP contribution is 1.91. The Labute approximate surface area is 118 Å². The van der Waals surface area contributed by atoms with E-state index in [1.807, 2.05) is 20.9 Å². The standard InChI is InChI=1S/C11H25IN4O/c1-10(2)15-8-11(17)14-5-7-16(9-12)6-4-13-3/h10,13,15H,4-9H2,1-3H3,(H,14,17). The summed E-state index contributed by atoms with van der Waals surface area (Å²) in [4.78, 5) is 13.7. The summed E-state index contributed by atoms with van der Waals surface area (Å²) in [6, 6.07) is 0.349. The lowest BCUT2D eigenvalue weighted by Gasteiger charge is -2.19. The Morgan fingerprint density at radius 2 is 1.94 bits per heavy atom. The Hall–Kier alpha value is 0.0800. The minimum Gasteiger partial charge on any atom is -0.354 e. The van der Waals surface area contributed by atoms with Crippen molar-refractivity contribution in [2.45, 2.75) is 19.9 Å². The SMILES string of the molecule is CNCCN(CI)CCNC(=O)CNC(C)C. The van der Waals surface area contributed by atoms with Crippen LogP contribution in [0.5, 0.6) is 0 Å². The third-order valence-corrected chi connectivity index (χ3v) is 3.23. The fourth-order valence-corrected chi connectivity index (χ4v) is 1.90. The van der Waals surface area contributed by atoms with Crippen molar-refractivity contribution in [3.05, 3.63) is 0 Å². The van der Waals surface area contributed by atoms with Gasteiger partial charge in [0, 0.05) is 32.2 Å². The number of hydrogen-bond acceptors (Lipinski definition) is 4. The summed E-state index contributed by atoms with van der Waals surface area (Å²) >= 11 is 2.34. The van der Waals surface area contributed by atoms with Crippen molar-refractivity contribution in [1.82, 2.24) is 20.9 Å². The lowest BCUT2D eigenvalue weighted by atomic mass is 10.4. The zero-order valence-corrected chi connectivity index (χ0v) is 13.2. The Balaban J connectivity index is 3.55. The van der Waals surface area contributed by atoms with Gasteiger partial charge in [0.25, 0.3) is 0 Å². The molecule has 0 bridgehead atoms. The molecule has 0 aromatic heterocycles. The minimum atomic E-state index is 0.0701. The summed E-state index contributed by atoms with van der Waals surface area (Å²) in [6.07, 6.45) is 0. The summed E-state index contributed by atoms with van der Waals surface area (Å²) < 4.78 is 0.986. The van der Waals surface area contributed by atoms with Crippen LogP contribution in [-0.2, 0) is 4.79 Å². The molecule has 0 aliphatic carbocycles. The second-order valence-corrected chi connectivity index (χ2v) is 4.91. The first-order valence-electron chi connectivity index (χ1n) is 6.03. The van der Waals surface area contributed by atoms with Crippen LogP contribution in [-0.4, -0.2) is 61.2 Å². The summed E-state index contributed by atoms with van der Waals surface area (Å²) in [6.45, 7) is 8.07. The van der Waals surface area contributed by atoms with E-state index >= 15 is 0 Å². The van der Waals surface area contributed by atoms with Gasteiger partial charge in [-0.3, -0.25) is 9.69 Å². The summed E-state index contributed by atoms with van der Waals surface area (Å²) in [5.41, 5.74) is 0. The number of carbonyl (C=O) groups excluding carboxylic acids is 1. The summed E-state index contributed by atoms with van der Waals surface area (Å²) in [7, 11) is 1.95. The fraction of sp³-hybridized carbons (Fsp3) is 0.909. The Bertz CT molecular complexity index is 202. The van der Waals surface area contributed by atoms with Crippen molar-refractivity contribution in [3.8, 4) is 0 Å². The maximum Gasteiger partial charge on any atom is 0.234 e. The van der Waals surface area contributed by atoms with Crippen LogP contribution in [0.4, 0.5) is 0 Å². The minimum absolute atomic E-state index is 0.0701. The van der Waals surface area contributed by atoms with E-state index in [-0.39, 0.29) is 5.91 Å².